The van der Waals surface area contributed by atoms with Crippen molar-refractivity contribution in [1.82, 2.24) is 29.0 Å². The highest BCUT2D eigenvalue weighted by atomic mass is 16.3. The Balaban J connectivity index is 0.924. The first-order valence-corrected chi connectivity index (χ1v) is 23.4. The van der Waals surface area contributed by atoms with Gasteiger partial charge in [0.05, 0.1) is 35.6 Å². The van der Waals surface area contributed by atoms with Gasteiger partial charge >= 0.3 is 0 Å². The average molecular weight is 894 g/mol. The number of nitrogens with one attached hydrogen (secondary N) is 2. The normalized spacial score (nSPS) is 20.7. The summed E-state index contributed by atoms with van der Waals surface area (Å²) in [5, 5.41) is 17.1. The second-order valence-electron chi connectivity index (χ2n) is 19.7. The number of aromatic nitrogens is 5. The van der Waals surface area contributed by atoms with E-state index in [0.717, 1.165) is 63.2 Å². The number of aliphatic hydroxyl groups excluding tert-OH is 1. The molecule has 0 spiro atoms. The lowest BCUT2D eigenvalue weighted by Crippen LogP contribution is -2.58. The molecule has 0 radical (unpaired) electrons. The molecule has 4 aliphatic rings. The number of anilines is 6. The van der Waals surface area contributed by atoms with Crippen LogP contribution in [0.1, 0.15) is 93.3 Å². The minimum Gasteiger partial charge on any atom is -0.392 e. The molecular formula is C51H63N11O4. The van der Waals surface area contributed by atoms with Crippen LogP contribution in [0.4, 0.5) is 34.4 Å². The summed E-state index contributed by atoms with van der Waals surface area (Å²) in [7, 11) is 1.65. The molecule has 2 saturated heterocycles. The summed E-state index contributed by atoms with van der Waals surface area (Å²) >= 11 is 0. The van der Waals surface area contributed by atoms with Gasteiger partial charge in [0.25, 0.3) is 11.5 Å². The summed E-state index contributed by atoms with van der Waals surface area (Å²) in [4.78, 5) is 63.8. The second-order valence-corrected chi connectivity index (χ2v) is 19.7. The summed E-state index contributed by atoms with van der Waals surface area (Å²) in [5.41, 5.74) is 8.63. The highest BCUT2D eigenvalue weighted by Gasteiger charge is 2.38. The van der Waals surface area contributed by atoms with Crippen molar-refractivity contribution in [2.75, 3.05) is 58.1 Å². The smallest absolute Gasteiger partial charge is 0.293 e. The third-order valence-electron chi connectivity index (χ3n) is 14.1. The van der Waals surface area contributed by atoms with Crippen molar-refractivity contribution >= 4 is 46.2 Å². The summed E-state index contributed by atoms with van der Waals surface area (Å²) < 4.78 is 3.59. The third-order valence-corrected chi connectivity index (χ3v) is 14.1. The van der Waals surface area contributed by atoms with Crippen LogP contribution in [0.3, 0.4) is 0 Å². The zero-order chi connectivity index (χ0) is 46.6. The van der Waals surface area contributed by atoms with E-state index in [4.69, 9.17) is 9.97 Å². The van der Waals surface area contributed by atoms with Gasteiger partial charge in [0.1, 0.15) is 11.5 Å². The monoisotopic (exact) mass is 894 g/mol. The Morgan fingerprint density at radius 1 is 0.985 bits per heavy atom. The van der Waals surface area contributed by atoms with Crippen molar-refractivity contribution in [2.24, 2.45) is 12.5 Å². The number of benzene rings is 1. The minimum absolute atomic E-state index is 0.0569. The van der Waals surface area contributed by atoms with Gasteiger partial charge < -0.3 is 34.7 Å². The van der Waals surface area contributed by atoms with Gasteiger partial charge in [0.15, 0.2) is 5.82 Å². The number of piperidine rings is 1. The van der Waals surface area contributed by atoms with Crippen molar-refractivity contribution in [1.29, 1.82) is 0 Å². The lowest BCUT2D eigenvalue weighted by Gasteiger charge is -2.48. The third kappa shape index (κ3) is 8.50. The maximum absolute atomic E-state index is 14.0. The highest BCUT2D eigenvalue weighted by Crippen LogP contribution is 2.41. The van der Waals surface area contributed by atoms with Crippen molar-refractivity contribution in [3.8, 4) is 11.3 Å². The zero-order valence-corrected chi connectivity index (χ0v) is 39.3. The van der Waals surface area contributed by atoms with Crippen LogP contribution in [0.25, 0.3) is 11.3 Å². The number of amides is 2. The number of rotatable bonds is 11. The summed E-state index contributed by atoms with van der Waals surface area (Å²) in [6, 6.07) is 14.8. The molecule has 346 valence electrons. The number of pyridine rings is 2. The quantitative estimate of drug-likeness (QED) is 0.119. The molecular weight excluding hydrogens is 831 g/mol. The molecule has 3 atom stereocenters. The van der Waals surface area contributed by atoms with Crippen molar-refractivity contribution in [3.63, 3.8) is 0 Å². The van der Waals surface area contributed by atoms with Gasteiger partial charge in [0, 0.05) is 105 Å². The first-order valence-electron chi connectivity index (χ1n) is 23.4. The Hall–Kier alpha value is -6.32. The Morgan fingerprint density at radius 3 is 2.52 bits per heavy atom. The van der Waals surface area contributed by atoms with Crippen LogP contribution in [-0.4, -0.2) is 96.8 Å². The lowest BCUT2D eigenvalue weighted by atomic mass is 9.90. The molecule has 1 aromatic carbocycles. The van der Waals surface area contributed by atoms with Crippen LogP contribution in [0.2, 0.25) is 0 Å². The molecule has 5 aromatic rings. The molecule has 3 N–H and O–H groups in total. The summed E-state index contributed by atoms with van der Waals surface area (Å²) in [6.07, 6.45) is 10.5. The Morgan fingerprint density at radius 2 is 1.80 bits per heavy atom. The van der Waals surface area contributed by atoms with E-state index in [1.165, 1.54) is 27.6 Å². The topological polar surface area (TPSA) is 157 Å². The van der Waals surface area contributed by atoms with Gasteiger partial charge in [0.2, 0.25) is 5.91 Å². The number of aliphatic hydroxyl groups is 1. The second kappa shape index (κ2) is 17.8. The van der Waals surface area contributed by atoms with Crippen LogP contribution in [0.15, 0.2) is 78.5 Å². The molecule has 15 nitrogen and oxygen atoms in total. The van der Waals surface area contributed by atoms with E-state index in [9.17, 15) is 19.5 Å². The van der Waals surface area contributed by atoms with E-state index in [0.29, 0.717) is 70.8 Å². The Labute approximate surface area is 387 Å². The van der Waals surface area contributed by atoms with Crippen molar-refractivity contribution in [2.45, 2.75) is 104 Å². The molecule has 2 amide bonds. The minimum atomic E-state index is -0.397. The van der Waals surface area contributed by atoms with Gasteiger partial charge in [-0.25, -0.2) is 9.97 Å². The molecule has 9 rings (SSSR count). The Bertz CT molecular complexity index is 2740. The number of fused-ring (bicyclic) bond motifs is 3. The maximum atomic E-state index is 14.0. The molecule has 1 aliphatic carbocycles. The summed E-state index contributed by atoms with van der Waals surface area (Å²) in [5.74, 6) is 0.330. The number of nitrogens with zero attached hydrogens (tertiary/aromatic N) is 9. The number of carbonyl (C=O) groups excluding carboxylic acids is 2. The zero-order valence-electron chi connectivity index (χ0n) is 39.3. The standard InChI is InChI=1S/C51H63N11O4/c1-9-46(64)55-41-24-35(10-13-43(41)60-19-18-58(28-33(60)5)36-15-17-59(32(4)22-36)37-11-12-40(31(2)3)53-27-37)54-47-50(66)57(8)29-42(56-47)38-14-16-52-48(39(38)30-63)62-21-20-61-44(49(62)65)23-34-25-51(6,7)26-45(34)61/h9-14,16,23-24,27,29,31-33,36,63H,1,15,17-22,25-26,28,30H2,2-8H3,(H,54,56)(H,55,64)/t32-,33-,36?/m0/s1. The number of aryl methyl sites for hydroxylation is 1. The van der Waals surface area contributed by atoms with Gasteiger partial charge in [-0.05, 0) is 105 Å². The molecule has 0 bridgehead atoms. The molecule has 2 fully saturated rings. The van der Waals surface area contributed by atoms with Gasteiger partial charge in [-0.3, -0.25) is 29.2 Å². The van der Waals surface area contributed by atoms with Crippen LogP contribution in [0.5, 0.6) is 0 Å². The maximum Gasteiger partial charge on any atom is 0.293 e. The first-order chi connectivity index (χ1) is 31.6. The molecule has 3 aliphatic heterocycles. The van der Waals surface area contributed by atoms with Crippen LogP contribution in [0, 0.1) is 5.41 Å². The molecule has 4 aromatic heterocycles. The van der Waals surface area contributed by atoms with E-state index in [1.807, 2.05) is 30.5 Å². The van der Waals surface area contributed by atoms with E-state index in [-0.39, 0.29) is 34.6 Å². The van der Waals surface area contributed by atoms with E-state index in [2.05, 4.69) is 95.1 Å². The first kappa shape index (κ1) is 44.9. The summed E-state index contributed by atoms with van der Waals surface area (Å²) in [6.45, 7) is 21.3. The van der Waals surface area contributed by atoms with Crippen LogP contribution >= 0.6 is 0 Å². The fourth-order valence-corrected chi connectivity index (χ4v) is 10.8. The van der Waals surface area contributed by atoms with E-state index >= 15 is 0 Å². The molecule has 66 heavy (non-hydrogen) atoms. The number of piperazine rings is 1. The van der Waals surface area contributed by atoms with Gasteiger partial charge in [-0.15, -0.1) is 0 Å². The number of hydrogen-bond acceptors (Lipinski definition) is 11. The van der Waals surface area contributed by atoms with E-state index in [1.54, 1.807) is 30.4 Å². The number of hydrogen-bond donors (Lipinski definition) is 3. The lowest BCUT2D eigenvalue weighted by molar-refractivity contribution is -0.111. The van der Waals surface area contributed by atoms with Gasteiger partial charge in [-0.1, -0.05) is 34.3 Å². The van der Waals surface area contributed by atoms with Crippen LogP contribution in [-0.2, 0) is 37.8 Å². The van der Waals surface area contributed by atoms with Crippen molar-refractivity contribution in [3.05, 3.63) is 112 Å². The van der Waals surface area contributed by atoms with Crippen LogP contribution < -0.4 is 30.9 Å². The van der Waals surface area contributed by atoms with Crippen molar-refractivity contribution < 1.29 is 14.7 Å². The molecule has 7 heterocycles. The average Bonchev–Trinajstić information content (AvgIpc) is 3.79. The molecule has 1 unspecified atom stereocenters. The van der Waals surface area contributed by atoms with Gasteiger partial charge in [-0.2, -0.15) is 0 Å². The molecule has 15 heteroatoms. The fraction of sp³-hybridized carbons (Fsp3) is 0.451. The predicted molar refractivity (Wildman–Crippen MR) is 261 cm³/mol. The SMILES string of the molecule is C=CC(=O)Nc1cc(Nc2nc(-c3ccnc(N4CCn5c(cc6c5CC(C)(C)C6)C4=O)c3CO)cn(C)c2=O)ccc1N1CCN(C2CCN(c3ccc(C(C)C)nc3)[C@@H](C)C2)C[C@@H]1C. The Kier molecular flexibility index (Phi) is 12.1. The highest BCUT2D eigenvalue weighted by molar-refractivity contribution is 6.06. The predicted octanol–water partition coefficient (Wildman–Crippen LogP) is 6.88. The molecule has 0 saturated carbocycles. The fourth-order valence-electron chi connectivity index (χ4n) is 10.8. The van der Waals surface area contributed by atoms with E-state index < -0.39 is 6.61 Å². The number of carbonyl (C=O) groups is 2. The largest absolute Gasteiger partial charge is 0.392 e.